The third-order valence-corrected chi connectivity index (χ3v) is 4.60. The lowest BCUT2D eigenvalue weighted by atomic mass is 9.97. The Bertz CT molecular complexity index is 882. The molecular weight excluding hydrogens is 372 g/mol. The Morgan fingerprint density at radius 2 is 1.10 bits per heavy atom. The van der Waals surface area contributed by atoms with Crippen molar-refractivity contribution in [3.05, 3.63) is 58.7 Å². The van der Waals surface area contributed by atoms with Gasteiger partial charge < -0.3 is 23.7 Å². The maximum atomic E-state index is 13.0. The van der Waals surface area contributed by atoms with Crippen molar-refractivity contribution in [2.75, 3.05) is 41.7 Å². The van der Waals surface area contributed by atoms with Gasteiger partial charge in [-0.15, -0.1) is 0 Å². The summed E-state index contributed by atoms with van der Waals surface area (Å²) in [5, 5.41) is 0. The number of hydrogen-bond acceptors (Lipinski definition) is 6. The third kappa shape index (κ3) is 4.60. The maximum Gasteiger partial charge on any atom is 0.189 e. The first-order valence-corrected chi connectivity index (χ1v) is 9.07. The minimum absolute atomic E-state index is 0.0409. The van der Waals surface area contributed by atoms with E-state index in [1.165, 1.54) is 0 Å². The Kier molecular flexibility index (Phi) is 6.57. The fraction of sp³-hybridized carbons (Fsp3) is 0.261. The standard InChI is InChI=1S/C23H24O6/c1-25-19-7-5-15(11-21(19)27-3)9-17-13-29-14-18(23(17)24)10-16-6-8-20(26-2)22(12-16)28-4/h5-12H,13-14H2,1-4H3. The number of hydrogen-bond donors (Lipinski definition) is 0. The highest BCUT2D eigenvalue weighted by Gasteiger charge is 2.21. The van der Waals surface area contributed by atoms with Crippen LogP contribution in [0.15, 0.2) is 47.5 Å². The summed E-state index contributed by atoms with van der Waals surface area (Å²) in [5.74, 6) is 2.44. The summed E-state index contributed by atoms with van der Waals surface area (Å²) in [6, 6.07) is 11.0. The molecule has 1 heterocycles. The Morgan fingerprint density at radius 1 is 0.690 bits per heavy atom. The largest absolute Gasteiger partial charge is 0.493 e. The molecular formula is C23H24O6. The van der Waals surface area contributed by atoms with Crippen LogP contribution >= 0.6 is 0 Å². The van der Waals surface area contributed by atoms with Gasteiger partial charge in [-0.05, 0) is 47.5 Å². The van der Waals surface area contributed by atoms with Gasteiger partial charge in [-0.1, -0.05) is 12.1 Å². The van der Waals surface area contributed by atoms with Crippen molar-refractivity contribution in [1.29, 1.82) is 0 Å². The van der Waals surface area contributed by atoms with E-state index in [-0.39, 0.29) is 19.0 Å². The number of rotatable bonds is 6. The topological polar surface area (TPSA) is 63.2 Å². The van der Waals surface area contributed by atoms with E-state index in [2.05, 4.69) is 0 Å². The van der Waals surface area contributed by atoms with Gasteiger partial charge in [0.25, 0.3) is 0 Å². The highest BCUT2D eigenvalue weighted by molar-refractivity contribution is 6.14. The lowest BCUT2D eigenvalue weighted by Gasteiger charge is -2.18. The molecule has 1 fully saturated rings. The number of carbonyl (C=O) groups excluding carboxylic acids is 1. The molecule has 0 aromatic heterocycles. The number of ketones is 1. The van der Waals surface area contributed by atoms with Crippen LogP contribution in [0.2, 0.25) is 0 Å². The van der Waals surface area contributed by atoms with Crippen LogP contribution in [0.25, 0.3) is 12.2 Å². The van der Waals surface area contributed by atoms with Gasteiger partial charge >= 0.3 is 0 Å². The van der Waals surface area contributed by atoms with Crippen LogP contribution < -0.4 is 18.9 Å². The predicted molar refractivity (Wildman–Crippen MR) is 111 cm³/mol. The molecule has 6 nitrogen and oxygen atoms in total. The van der Waals surface area contributed by atoms with Gasteiger partial charge in [0.2, 0.25) is 0 Å². The Labute approximate surface area is 170 Å². The minimum atomic E-state index is -0.0409. The summed E-state index contributed by atoms with van der Waals surface area (Å²) in [6.07, 6.45) is 3.62. The summed E-state index contributed by atoms with van der Waals surface area (Å²) >= 11 is 0. The molecule has 1 aliphatic heterocycles. The van der Waals surface area contributed by atoms with Crippen molar-refractivity contribution >= 4 is 17.9 Å². The summed E-state index contributed by atoms with van der Waals surface area (Å²) in [6.45, 7) is 0.521. The number of methoxy groups -OCH3 is 4. The lowest BCUT2D eigenvalue weighted by molar-refractivity contribution is -0.114. The Balaban J connectivity index is 1.89. The van der Waals surface area contributed by atoms with Crippen molar-refractivity contribution in [3.63, 3.8) is 0 Å². The first-order valence-electron chi connectivity index (χ1n) is 9.07. The molecule has 3 rings (SSSR count). The molecule has 0 spiro atoms. The van der Waals surface area contributed by atoms with E-state index in [4.69, 9.17) is 23.7 Å². The zero-order valence-corrected chi connectivity index (χ0v) is 17.0. The zero-order chi connectivity index (χ0) is 20.8. The second-order valence-corrected chi connectivity index (χ2v) is 6.39. The Morgan fingerprint density at radius 3 is 1.48 bits per heavy atom. The quantitative estimate of drug-likeness (QED) is 0.693. The van der Waals surface area contributed by atoms with Crippen LogP contribution in [-0.4, -0.2) is 47.4 Å². The van der Waals surface area contributed by atoms with E-state index in [9.17, 15) is 4.79 Å². The van der Waals surface area contributed by atoms with E-state index in [0.29, 0.717) is 34.1 Å². The van der Waals surface area contributed by atoms with Gasteiger partial charge in [-0.2, -0.15) is 0 Å². The van der Waals surface area contributed by atoms with Crippen molar-refractivity contribution in [1.82, 2.24) is 0 Å². The zero-order valence-electron chi connectivity index (χ0n) is 17.0. The second kappa shape index (κ2) is 9.30. The first kappa shape index (κ1) is 20.5. The van der Waals surface area contributed by atoms with Crippen molar-refractivity contribution in [3.8, 4) is 23.0 Å². The molecule has 0 N–H and O–H groups in total. The molecule has 29 heavy (non-hydrogen) atoms. The van der Waals surface area contributed by atoms with Crippen LogP contribution in [0, 0.1) is 0 Å². The molecule has 0 saturated carbocycles. The normalized spacial score (nSPS) is 16.8. The molecule has 0 bridgehead atoms. The van der Waals surface area contributed by atoms with Gasteiger partial charge in [-0.25, -0.2) is 0 Å². The van der Waals surface area contributed by atoms with Crippen molar-refractivity contribution in [2.45, 2.75) is 0 Å². The van der Waals surface area contributed by atoms with Crippen molar-refractivity contribution < 1.29 is 28.5 Å². The van der Waals surface area contributed by atoms with E-state index < -0.39 is 0 Å². The average molecular weight is 396 g/mol. The fourth-order valence-electron chi connectivity index (χ4n) is 3.11. The molecule has 2 aromatic rings. The van der Waals surface area contributed by atoms with Crippen LogP contribution in [-0.2, 0) is 9.53 Å². The molecule has 1 saturated heterocycles. The molecule has 0 atom stereocenters. The molecule has 0 aliphatic carbocycles. The fourth-order valence-corrected chi connectivity index (χ4v) is 3.11. The van der Waals surface area contributed by atoms with E-state index in [0.717, 1.165) is 11.1 Å². The molecule has 152 valence electrons. The molecule has 6 heteroatoms. The van der Waals surface area contributed by atoms with Crippen LogP contribution in [0.4, 0.5) is 0 Å². The molecule has 2 aromatic carbocycles. The second-order valence-electron chi connectivity index (χ2n) is 6.39. The highest BCUT2D eigenvalue weighted by atomic mass is 16.5. The first-order chi connectivity index (χ1) is 14.1. The van der Waals surface area contributed by atoms with Gasteiger partial charge in [0.05, 0.1) is 41.7 Å². The summed E-state index contributed by atoms with van der Waals surface area (Å²) < 4.78 is 26.8. The minimum Gasteiger partial charge on any atom is -0.493 e. The molecule has 0 radical (unpaired) electrons. The van der Waals surface area contributed by atoms with E-state index in [1.54, 1.807) is 40.6 Å². The smallest absolute Gasteiger partial charge is 0.189 e. The third-order valence-electron chi connectivity index (χ3n) is 4.60. The van der Waals surface area contributed by atoms with E-state index in [1.807, 2.05) is 36.4 Å². The molecule has 0 unspecified atom stereocenters. The monoisotopic (exact) mass is 396 g/mol. The Hall–Kier alpha value is -3.25. The summed E-state index contributed by atoms with van der Waals surface area (Å²) in [4.78, 5) is 13.0. The van der Waals surface area contributed by atoms with Crippen LogP contribution in [0.3, 0.4) is 0 Å². The van der Waals surface area contributed by atoms with Gasteiger partial charge in [0.1, 0.15) is 0 Å². The average Bonchev–Trinajstić information content (AvgIpc) is 2.76. The molecule has 0 amide bonds. The SMILES string of the molecule is COc1ccc(C=C2COCC(=Cc3ccc(OC)c(OC)c3)C2=O)cc1OC. The van der Waals surface area contributed by atoms with E-state index >= 15 is 0 Å². The number of Topliss-reactive ketones (excluding diaryl/α,β-unsaturated/α-hetero) is 1. The van der Waals surface area contributed by atoms with Gasteiger partial charge in [0, 0.05) is 11.1 Å². The summed E-state index contributed by atoms with van der Waals surface area (Å²) in [5.41, 5.74) is 2.83. The number of benzene rings is 2. The van der Waals surface area contributed by atoms with Crippen LogP contribution in [0.5, 0.6) is 23.0 Å². The van der Waals surface area contributed by atoms with Crippen molar-refractivity contribution in [2.24, 2.45) is 0 Å². The van der Waals surface area contributed by atoms with Crippen LogP contribution in [0.1, 0.15) is 11.1 Å². The predicted octanol–water partition coefficient (Wildman–Crippen LogP) is 3.79. The number of ether oxygens (including phenoxy) is 5. The highest BCUT2D eigenvalue weighted by Crippen LogP contribution is 2.31. The summed E-state index contributed by atoms with van der Waals surface area (Å²) in [7, 11) is 6.32. The number of carbonyl (C=O) groups is 1. The maximum absolute atomic E-state index is 13.0. The molecule has 1 aliphatic rings. The lowest BCUT2D eigenvalue weighted by Crippen LogP contribution is -2.21. The van der Waals surface area contributed by atoms with Gasteiger partial charge in [-0.3, -0.25) is 4.79 Å². The van der Waals surface area contributed by atoms with Gasteiger partial charge in [0.15, 0.2) is 28.8 Å².